The van der Waals surface area contributed by atoms with E-state index in [-0.39, 0.29) is 24.3 Å². The van der Waals surface area contributed by atoms with E-state index in [0.29, 0.717) is 25.3 Å². The van der Waals surface area contributed by atoms with Crippen LogP contribution in [0.5, 0.6) is 0 Å². The lowest BCUT2D eigenvalue weighted by Gasteiger charge is -2.28. The quantitative estimate of drug-likeness (QED) is 0.421. The Hall–Kier alpha value is -3.19. The molecule has 0 fully saturated rings. The number of nitrogens with zero attached hydrogens (tertiary/aromatic N) is 2. The third-order valence-corrected chi connectivity index (χ3v) is 6.33. The Balaban J connectivity index is 1.76. The van der Waals surface area contributed by atoms with Crippen molar-refractivity contribution < 1.29 is 14.0 Å². The number of halogens is 1. The van der Waals surface area contributed by atoms with Crippen LogP contribution in [0, 0.1) is 19.7 Å². The molecule has 2 aromatic carbocycles. The number of hydrogen-bond acceptors (Lipinski definition) is 3. The van der Waals surface area contributed by atoms with E-state index >= 15 is 0 Å². The Morgan fingerprint density at radius 1 is 1.00 bits per heavy atom. The molecule has 0 aliphatic rings. The molecule has 1 heterocycles. The molecule has 5 nitrogen and oxygen atoms in total. The summed E-state index contributed by atoms with van der Waals surface area (Å²) in [5, 5.41) is 4.90. The van der Waals surface area contributed by atoms with Crippen LogP contribution in [-0.4, -0.2) is 34.8 Å². The minimum atomic E-state index is -0.312. The molecule has 1 aromatic heterocycles. The standard InChI is InChI=1S/C26H30FN3O2S/c1-4-13-29(26(32)28-23-7-5-6-19(2)15-23)18-25(31)30(17-24-20(3)12-14-33-24)16-21-8-10-22(27)11-9-21/h5-12,14-15H,4,13,16-18H2,1-3H3,(H,28,32). The third kappa shape index (κ3) is 7.15. The molecule has 0 saturated carbocycles. The number of thiophene rings is 1. The van der Waals surface area contributed by atoms with Crippen LogP contribution in [-0.2, 0) is 17.9 Å². The van der Waals surface area contributed by atoms with Gasteiger partial charge in [-0.2, -0.15) is 0 Å². The predicted octanol–water partition coefficient (Wildman–Crippen LogP) is 5.98. The van der Waals surface area contributed by atoms with Gasteiger partial charge in [-0.15, -0.1) is 11.3 Å². The monoisotopic (exact) mass is 467 g/mol. The first-order valence-electron chi connectivity index (χ1n) is 11.0. The fraction of sp³-hybridized carbons (Fsp3) is 0.308. The number of carbonyl (C=O) groups is 2. The first kappa shape index (κ1) is 24.5. The summed E-state index contributed by atoms with van der Waals surface area (Å²) in [6.07, 6.45) is 0.733. The van der Waals surface area contributed by atoms with E-state index in [1.54, 1.807) is 33.3 Å². The van der Waals surface area contributed by atoms with Gasteiger partial charge in [0.2, 0.25) is 5.91 Å². The highest BCUT2D eigenvalue weighted by molar-refractivity contribution is 7.10. The average Bonchev–Trinajstić information content (AvgIpc) is 3.18. The minimum absolute atomic E-state index is 0.0306. The van der Waals surface area contributed by atoms with Crippen molar-refractivity contribution in [3.63, 3.8) is 0 Å². The van der Waals surface area contributed by atoms with E-state index in [9.17, 15) is 14.0 Å². The summed E-state index contributed by atoms with van der Waals surface area (Å²) < 4.78 is 13.4. The Morgan fingerprint density at radius 2 is 1.76 bits per heavy atom. The number of rotatable bonds is 9. The van der Waals surface area contributed by atoms with E-state index < -0.39 is 0 Å². The van der Waals surface area contributed by atoms with Crippen LogP contribution < -0.4 is 5.32 Å². The van der Waals surface area contributed by atoms with Crippen LogP contribution in [0.1, 0.15) is 34.9 Å². The van der Waals surface area contributed by atoms with Gasteiger partial charge in [-0.1, -0.05) is 31.2 Å². The first-order chi connectivity index (χ1) is 15.9. The van der Waals surface area contributed by atoms with Gasteiger partial charge in [0.05, 0.1) is 6.54 Å². The molecule has 33 heavy (non-hydrogen) atoms. The van der Waals surface area contributed by atoms with Gasteiger partial charge in [0.25, 0.3) is 0 Å². The average molecular weight is 468 g/mol. The van der Waals surface area contributed by atoms with Gasteiger partial charge in [0.15, 0.2) is 0 Å². The van der Waals surface area contributed by atoms with Crippen LogP contribution in [0.4, 0.5) is 14.9 Å². The number of nitrogens with one attached hydrogen (secondary N) is 1. The SMILES string of the molecule is CCCN(CC(=O)N(Cc1ccc(F)cc1)Cc1sccc1C)C(=O)Nc1cccc(C)c1. The van der Waals surface area contributed by atoms with Crippen LogP contribution in [0.25, 0.3) is 0 Å². The maximum atomic E-state index is 13.4. The predicted molar refractivity (Wildman–Crippen MR) is 132 cm³/mol. The van der Waals surface area contributed by atoms with Crippen LogP contribution in [0.15, 0.2) is 60.0 Å². The molecule has 0 unspecified atom stereocenters. The molecule has 0 spiro atoms. The van der Waals surface area contributed by atoms with Crippen molar-refractivity contribution in [1.82, 2.24) is 9.80 Å². The summed E-state index contributed by atoms with van der Waals surface area (Å²) in [5.74, 6) is -0.465. The molecule has 0 saturated heterocycles. The van der Waals surface area contributed by atoms with Crippen molar-refractivity contribution in [2.75, 3.05) is 18.4 Å². The Bertz CT molecular complexity index is 1080. The molecule has 3 amide bonds. The number of urea groups is 1. The maximum Gasteiger partial charge on any atom is 0.322 e. The molecule has 0 atom stereocenters. The second kappa shape index (κ2) is 11.6. The molecule has 3 aromatic rings. The molecule has 1 N–H and O–H groups in total. The van der Waals surface area contributed by atoms with Gasteiger partial charge in [-0.25, -0.2) is 9.18 Å². The van der Waals surface area contributed by atoms with Gasteiger partial charge in [-0.05, 0) is 72.7 Å². The summed E-state index contributed by atoms with van der Waals surface area (Å²) in [4.78, 5) is 30.7. The highest BCUT2D eigenvalue weighted by atomic mass is 32.1. The number of benzene rings is 2. The van der Waals surface area contributed by atoms with Crippen molar-refractivity contribution in [3.8, 4) is 0 Å². The van der Waals surface area contributed by atoms with Gasteiger partial charge in [0.1, 0.15) is 12.4 Å². The lowest BCUT2D eigenvalue weighted by Crippen LogP contribution is -2.44. The highest BCUT2D eigenvalue weighted by Crippen LogP contribution is 2.20. The van der Waals surface area contributed by atoms with Crippen molar-refractivity contribution in [3.05, 3.63) is 87.4 Å². The van der Waals surface area contributed by atoms with E-state index in [0.717, 1.165) is 28.0 Å². The maximum absolute atomic E-state index is 13.4. The van der Waals surface area contributed by atoms with Crippen molar-refractivity contribution in [2.24, 2.45) is 0 Å². The molecular formula is C26H30FN3O2S. The summed E-state index contributed by atoms with van der Waals surface area (Å²) in [6.45, 7) is 7.18. The number of aryl methyl sites for hydroxylation is 2. The number of anilines is 1. The Labute approximate surface area is 198 Å². The van der Waals surface area contributed by atoms with Gasteiger partial charge < -0.3 is 15.1 Å². The topological polar surface area (TPSA) is 52.7 Å². The summed E-state index contributed by atoms with van der Waals surface area (Å²) in [6, 6.07) is 15.5. The molecule has 0 bridgehead atoms. The third-order valence-electron chi connectivity index (χ3n) is 5.32. The molecule has 0 radical (unpaired) electrons. The van der Waals surface area contributed by atoms with Gasteiger partial charge in [-0.3, -0.25) is 4.79 Å². The van der Waals surface area contributed by atoms with Crippen LogP contribution in [0.2, 0.25) is 0 Å². The largest absolute Gasteiger partial charge is 0.332 e. The van der Waals surface area contributed by atoms with Crippen LogP contribution >= 0.6 is 11.3 Å². The molecular weight excluding hydrogens is 437 g/mol. The summed E-state index contributed by atoms with van der Waals surface area (Å²) in [5.41, 5.74) is 3.71. The molecule has 0 aliphatic heterocycles. The van der Waals surface area contributed by atoms with Crippen molar-refractivity contribution >= 4 is 29.0 Å². The number of hydrogen-bond donors (Lipinski definition) is 1. The van der Waals surface area contributed by atoms with E-state index in [4.69, 9.17) is 0 Å². The lowest BCUT2D eigenvalue weighted by atomic mass is 10.2. The van der Waals surface area contributed by atoms with Crippen molar-refractivity contribution in [2.45, 2.75) is 40.3 Å². The number of carbonyl (C=O) groups excluding carboxylic acids is 2. The van der Waals surface area contributed by atoms with E-state index in [1.165, 1.54) is 12.1 Å². The Kier molecular flexibility index (Phi) is 8.60. The fourth-order valence-corrected chi connectivity index (χ4v) is 4.41. The molecule has 0 aliphatic carbocycles. The summed E-state index contributed by atoms with van der Waals surface area (Å²) >= 11 is 1.60. The molecule has 174 valence electrons. The zero-order valence-corrected chi connectivity index (χ0v) is 20.1. The lowest BCUT2D eigenvalue weighted by molar-refractivity contribution is -0.133. The van der Waals surface area contributed by atoms with E-state index in [2.05, 4.69) is 5.32 Å². The van der Waals surface area contributed by atoms with Crippen molar-refractivity contribution in [1.29, 1.82) is 0 Å². The zero-order valence-electron chi connectivity index (χ0n) is 19.3. The number of amides is 3. The van der Waals surface area contributed by atoms with E-state index in [1.807, 2.05) is 56.5 Å². The smallest absolute Gasteiger partial charge is 0.322 e. The van der Waals surface area contributed by atoms with Gasteiger partial charge >= 0.3 is 6.03 Å². The summed E-state index contributed by atoms with van der Waals surface area (Å²) in [7, 11) is 0. The zero-order chi connectivity index (χ0) is 23.8. The second-order valence-corrected chi connectivity index (χ2v) is 9.12. The molecule has 7 heteroatoms. The first-order valence-corrected chi connectivity index (χ1v) is 11.9. The normalized spacial score (nSPS) is 10.7. The van der Waals surface area contributed by atoms with Crippen LogP contribution in [0.3, 0.4) is 0 Å². The van der Waals surface area contributed by atoms with Gasteiger partial charge in [0, 0.05) is 23.7 Å². The fourth-order valence-electron chi connectivity index (χ4n) is 3.49. The second-order valence-electron chi connectivity index (χ2n) is 8.12. The Morgan fingerprint density at radius 3 is 2.39 bits per heavy atom. The molecule has 3 rings (SSSR count). The highest BCUT2D eigenvalue weighted by Gasteiger charge is 2.22. The minimum Gasteiger partial charge on any atom is -0.332 e.